The van der Waals surface area contributed by atoms with E-state index >= 15 is 0 Å². The molecule has 7 heteroatoms. The number of ether oxygens (including phenoxy) is 1. The van der Waals surface area contributed by atoms with Crippen LogP contribution < -0.4 is 0 Å². The molecule has 4 aliphatic rings. The Hall–Kier alpha value is 0.231. The molecule has 0 amide bonds. The summed E-state index contributed by atoms with van der Waals surface area (Å²) in [6.07, 6.45) is 16.5. The zero-order valence-electron chi connectivity index (χ0n) is 38.5. The van der Waals surface area contributed by atoms with Crippen LogP contribution in [0.2, 0.25) is 54.4 Å². The van der Waals surface area contributed by atoms with Crippen LogP contribution in [0.4, 0.5) is 0 Å². The minimum absolute atomic E-state index is 0.0338. The first kappa shape index (κ1) is 45.9. The van der Waals surface area contributed by atoms with E-state index in [1.807, 2.05) is 0 Å². The van der Waals surface area contributed by atoms with Crippen molar-refractivity contribution >= 4 is 25.0 Å². The van der Waals surface area contributed by atoms with Crippen LogP contribution in [0.25, 0.3) is 0 Å². The average molecular weight is 791 g/mol. The Morgan fingerprint density at radius 3 is 1.91 bits per heavy atom. The monoisotopic (exact) mass is 791 g/mol. The highest BCUT2D eigenvalue weighted by molar-refractivity contribution is 6.74. The van der Waals surface area contributed by atoms with Gasteiger partial charge in [-0.3, -0.25) is 0 Å². The van der Waals surface area contributed by atoms with Crippen molar-refractivity contribution in [2.45, 2.75) is 233 Å². The smallest absolute Gasteiger partial charge is 0.192 e. The van der Waals surface area contributed by atoms with Gasteiger partial charge >= 0.3 is 0 Å². The molecule has 0 N–H and O–H groups in total. The lowest BCUT2D eigenvalue weighted by Gasteiger charge is -2.61. The summed E-state index contributed by atoms with van der Waals surface area (Å²) >= 11 is 0. The van der Waals surface area contributed by atoms with E-state index in [1.54, 1.807) is 5.57 Å². The molecule has 8 atom stereocenters. The van der Waals surface area contributed by atoms with Gasteiger partial charge in [0.1, 0.15) is 0 Å². The van der Waals surface area contributed by atoms with E-state index in [9.17, 15) is 0 Å². The van der Waals surface area contributed by atoms with Gasteiger partial charge in [0.15, 0.2) is 25.0 Å². The summed E-state index contributed by atoms with van der Waals surface area (Å²) in [6.45, 7) is 43.1. The molecular formula is C46H90O4Si3. The lowest BCUT2D eigenvalue weighted by Crippen LogP contribution is -2.60. The summed E-state index contributed by atoms with van der Waals surface area (Å²) in [5.41, 5.74) is 2.19. The van der Waals surface area contributed by atoms with Crippen LogP contribution in [-0.2, 0) is 18.0 Å². The summed E-state index contributed by atoms with van der Waals surface area (Å²) in [7, 11) is -5.55. The first-order valence-corrected chi connectivity index (χ1v) is 31.1. The number of allylic oxidation sites excluding steroid dienone is 1. The van der Waals surface area contributed by atoms with Gasteiger partial charge in [0.05, 0.1) is 17.8 Å². The Bertz CT molecular complexity index is 1220. The fraction of sp³-hybridized carbons (Fsp3) is 0.957. The van der Waals surface area contributed by atoms with Crippen LogP contribution in [0.15, 0.2) is 11.6 Å². The Balaban J connectivity index is 1.48. The summed E-state index contributed by atoms with van der Waals surface area (Å²) in [5.74, 6) is 2.92. The van der Waals surface area contributed by atoms with Gasteiger partial charge in [-0.05, 0) is 154 Å². The Morgan fingerprint density at radius 2 is 1.36 bits per heavy atom. The molecule has 53 heavy (non-hydrogen) atoms. The zero-order chi connectivity index (χ0) is 39.9. The van der Waals surface area contributed by atoms with Crippen molar-refractivity contribution < 1.29 is 18.0 Å². The first-order chi connectivity index (χ1) is 24.4. The highest BCUT2D eigenvalue weighted by Gasteiger charge is 2.62. The molecule has 0 bridgehead atoms. The summed E-state index contributed by atoms with van der Waals surface area (Å²) in [5, 5.41) is 0.398. The molecule has 0 unspecified atom stereocenters. The molecule has 0 heterocycles. The Labute approximate surface area is 333 Å². The standard InChI is InChI=1S/C46H90O4Si3/c1-18-46(19-2,50-53(20-3,21-4)22-5)29-23-31-47-34-36-25-27-39-38-26-24-35-32-37(48-51(14,15)42(6,7)8)33-41(49-52(16,17)43(9,10)11)45(35,13)40(38)28-30-44(36,39)12/h24,36-41H,18-23,25-34H2,1-17H3/t36-,37-,38+,39+,40+,41+,44-,45+/m1/s1. The van der Waals surface area contributed by atoms with E-state index in [0.717, 1.165) is 63.6 Å². The largest absolute Gasteiger partial charge is 0.414 e. The predicted molar refractivity (Wildman–Crippen MR) is 236 cm³/mol. The number of rotatable bonds is 17. The molecule has 0 aliphatic heterocycles. The average Bonchev–Trinajstić information content (AvgIpc) is 3.41. The third kappa shape index (κ3) is 9.12. The second-order valence-corrected chi connectivity index (χ2v) is 36.4. The van der Waals surface area contributed by atoms with E-state index in [0.29, 0.717) is 17.3 Å². The maximum Gasteiger partial charge on any atom is 0.192 e. The molecule has 3 saturated carbocycles. The lowest BCUT2D eigenvalue weighted by molar-refractivity contribution is -0.103. The fourth-order valence-corrected chi connectivity index (χ4v) is 17.4. The molecular weight excluding hydrogens is 701 g/mol. The van der Waals surface area contributed by atoms with Gasteiger partial charge in [-0.1, -0.05) is 102 Å². The topological polar surface area (TPSA) is 36.9 Å². The van der Waals surface area contributed by atoms with E-state index in [4.69, 9.17) is 18.0 Å². The number of hydrogen-bond donors (Lipinski definition) is 0. The minimum atomic E-state index is -2.00. The van der Waals surface area contributed by atoms with Crippen molar-refractivity contribution in [2.75, 3.05) is 13.2 Å². The van der Waals surface area contributed by atoms with Crippen LogP contribution in [-0.4, -0.2) is 56.0 Å². The van der Waals surface area contributed by atoms with E-state index < -0.39 is 25.0 Å². The molecule has 3 fully saturated rings. The van der Waals surface area contributed by atoms with Gasteiger partial charge in [-0.2, -0.15) is 0 Å². The van der Waals surface area contributed by atoms with Crippen molar-refractivity contribution in [2.24, 2.45) is 34.5 Å². The van der Waals surface area contributed by atoms with Gasteiger partial charge in [0, 0.05) is 18.6 Å². The van der Waals surface area contributed by atoms with Gasteiger partial charge < -0.3 is 18.0 Å². The van der Waals surface area contributed by atoms with Crippen molar-refractivity contribution in [3.8, 4) is 0 Å². The van der Waals surface area contributed by atoms with Crippen molar-refractivity contribution in [3.63, 3.8) is 0 Å². The number of fused-ring (bicyclic) bond motifs is 5. The second kappa shape index (κ2) is 16.8. The quantitative estimate of drug-likeness (QED) is 0.0835. The maximum atomic E-state index is 7.62. The third-order valence-corrected chi connectivity index (χ3v) is 31.5. The molecule has 4 nitrogen and oxygen atoms in total. The Morgan fingerprint density at radius 1 is 0.774 bits per heavy atom. The molecule has 4 rings (SSSR count). The molecule has 0 saturated heterocycles. The molecule has 4 aliphatic carbocycles. The van der Waals surface area contributed by atoms with Gasteiger partial charge in [-0.25, -0.2) is 0 Å². The Kier molecular flexibility index (Phi) is 14.6. The van der Waals surface area contributed by atoms with Crippen LogP contribution in [0.5, 0.6) is 0 Å². The first-order valence-electron chi connectivity index (χ1n) is 22.8. The van der Waals surface area contributed by atoms with E-state index in [1.165, 1.54) is 50.2 Å². The van der Waals surface area contributed by atoms with Crippen molar-refractivity contribution in [1.29, 1.82) is 0 Å². The molecule has 0 spiro atoms. The highest BCUT2D eigenvalue weighted by atomic mass is 28.4. The molecule has 0 aromatic rings. The predicted octanol–water partition coefficient (Wildman–Crippen LogP) is 14.3. The number of hydrogen-bond acceptors (Lipinski definition) is 4. The SMILES string of the molecule is CCC(CC)(CCCOC[C@H]1CC[C@H]2[C@@H]3CC=C4C[C@@H](O[Si](C)(C)C(C)(C)C)C[C@H](O[Si](C)(C)C(C)(C)C)[C@]4(C)[C@H]3CC[C@]12C)O[Si](CC)(CC)CC. The summed E-state index contributed by atoms with van der Waals surface area (Å²) in [6, 6.07) is 3.69. The van der Waals surface area contributed by atoms with Crippen molar-refractivity contribution in [3.05, 3.63) is 11.6 Å². The zero-order valence-corrected chi connectivity index (χ0v) is 41.5. The molecule has 310 valence electrons. The minimum Gasteiger partial charge on any atom is -0.414 e. The third-order valence-electron chi connectivity index (χ3n) is 17.7. The van der Waals surface area contributed by atoms with E-state index in [-0.39, 0.29) is 33.3 Å². The van der Waals surface area contributed by atoms with Crippen LogP contribution >= 0.6 is 0 Å². The summed E-state index contributed by atoms with van der Waals surface area (Å²) < 4.78 is 28.7. The van der Waals surface area contributed by atoms with E-state index in [2.05, 4.69) is 122 Å². The van der Waals surface area contributed by atoms with Crippen LogP contribution in [0, 0.1) is 34.5 Å². The van der Waals surface area contributed by atoms with Crippen LogP contribution in [0.3, 0.4) is 0 Å². The molecule has 0 aromatic carbocycles. The lowest BCUT2D eigenvalue weighted by atomic mass is 9.46. The maximum absolute atomic E-state index is 7.62. The molecule has 0 radical (unpaired) electrons. The molecule has 0 aromatic heterocycles. The normalized spacial score (nSPS) is 33.0. The van der Waals surface area contributed by atoms with Gasteiger partial charge in [0.2, 0.25) is 0 Å². The van der Waals surface area contributed by atoms with Crippen LogP contribution in [0.1, 0.15) is 161 Å². The highest BCUT2D eigenvalue weighted by Crippen LogP contribution is 2.67. The summed E-state index contributed by atoms with van der Waals surface area (Å²) in [4.78, 5) is 0. The fourth-order valence-electron chi connectivity index (χ4n) is 11.4. The van der Waals surface area contributed by atoms with Gasteiger partial charge in [-0.15, -0.1) is 0 Å². The van der Waals surface area contributed by atoms with Gasteiger partial charge in [0.25, 0.3) is 0 Å². The van der Waals surface area contributed by atoms with Crippen molar-refractivity contribution in [1.82, 2.24) is 0 Å². The second-order valence-electron chi connectivity index (χ2n) is 22.2.